The number of piperazine rings is 1. The molecule has 1 aliphatic heterocycles. The summed E-state index contributed by atoms with van der Waals surface area (Å²) in [7, 11) is 6.73. The standard InChI is InChI=1S/C13H27N3/c1-15(2)13(11-5-4-6-11)9-12-10-16(3)8-7-14-12/h11-14H,4-10H2,1-3H3. The quantitative estimate of drug-likeness (QED) is 0.770. The van der Waals surface area contributed by atoms with E-state index < -0.39 is 0 Å². The number of likely N-dealkylation sites (N-methyl/N-ethyl adjacent to an activating group) is 1. The zero-order valence-electron chi connectivity index (χ0n) is 11.1. The van der Waals surface area contributed by atoms with Gasteiger partial charge in [-0.05, 0) is 46.3 Å². The first kappa shape index (κ1) is 12.3. The molecule has 16 heavy (non-hydrogen) atoms. The second kappa shape index (κ2) is 5.48. The van der Waals surface area contributed by atoms with Gasteiger partial charge in [-0.25, -0.2) is 0 Å². The van der Waals surface area contributed by atoms with Crippen molar-refractivity contribution in [1.29, 1.82) is 0 Å². The summed E-state index contributed by atoms with van der Waals surface area (Å²) in [5.41, 5.74) is 0. The normalized spacial score (nSPS) is 30.4. The van der Waals surface area contributed by atoms with Crippen LogP contribution in [0.1, 0.15) is 25.7 Å². The van der Waals surface area contributed by atoms with Crippen LogP contribution in [0.4, 0.5) is 0 Å². The van der Waals surface area contributed by atoms with E-state index in [1.807, 2.05) is 0 Å². The SMILES string of the molecule is CN1CCNC(CC(C2CCC2)N(C)C)C1. The van der Waals surface area contributed by atoms with Gasteiger partial charge in [-0.3, -0.25) is 0 Å². The average molecular weight is 225 g/mol. The predicted molar refractivity (Wildman–Crippen MR) is 68.7 cm³/mol. The van der Waals surface area contributed by atoms with Crippen LogP contribution >= 0.6 is 0 Å². The summed E-state index contributed by atoms with van der Waals surface area (Å²) in [5, 5.41) is 3.67. The van der Waals surface area contributed by atoms with Crippen LogP contribution < -0.4 is 5.32 Å². The fraction of sp³-hybridized carbons (Fsp3) is 1.00. The second-order valence-corrected chi connectivity index (χ2v) is 5.87. The minimum atomic E-state index is 0.701. The monoisotopic (exact) mass is 225 g/mol. The number of rotatable bonds is 4. The molecule has 0 aromatic heterocycles. The minimum absolute atomic E-state index is 0.701. The Morgan fingerprint density at radius 3 is 2.62 bits per heavy atom. The maximum Gasteiger partial charge on any atom is 0.0210 e. The summed E-state index contributed by atoms with van der Waals surface area (Å²) in [5.74, 6) is 0.962. The lowest BCUT2D eigenvalue weighted by atomic mass is 9.77. The van der Waals surface area contributed by atoms with Crippen LogP contribution in [-0.2, 0) is 0 Å². The Morgan fingerprint density at radius 2 is 2.12 bits per heavy atom. The van der Waals surface area contributed by atoms with Crippen LogP contribution in [0, 0.1) is 5.92 Å². The van der Waals surface area contributed by atoms with Crippen molar-refractivity contribution in [2.45, 2.75) is 37.8 Å². The van der Waals surface area contributed by atoms with Crippen molar-refractivity contribution in [2.75, 3.05) is 40.8 Å². The van der Waals surface area contributed by atoms with Gasteiger partial charge in [-0.2, -0.15) is 0 Å². The molecule has 1 aliphatic carbocycles. The van der Waals surface area contributed by atoms with Gasteiger partial charge in [0.05, 0.1) is 0 Å². The van der Waals surface area contributed by atoms with Crippen molar-refractivity contribution < 1.29 is 0 Å². The first-order chi connectivity index (χ1) is 7.66. The van der Waals surface area contributed by atoms with E-state index in [1.54, 1.807) is 0 Å². The molecule has 3 heteroatoms. The first-order valence-corrected chi connectivity index (χ1v) is 6.75. The molecule has 2 aliphatic rings. The van der Waals surface area contributed by atoms with Crippen molar-refractivity contribution in [3.05, 3.63) is 0 Å². The van der Waals surface area contributed by atoms with E-state index in [0.29, 0.717) is 6.04 Å². The number of nitrogens with one attached hydrogen (secondary N) is 1. The van der Waals surface area contributed by atoms with Gasteiger partial charge in [-0.15, -0.1) is 0 Å². The molecule has 0 radical (unpaired) electrons. The smallest absolute Gasteiger partial charge is 0.0210 e. The van der Waals surface area contributed by atoms with Gasteiger partial charge >= 0.3 is 0 Å². The van der Waals surface area contributed by atoms with Crippen molar-refractivity contribution in [2.24, 2.45) is 5.92 Å². The molecule has 3 nitrogen and oxygen atoms in total. The average Bonchev–Trinajstić information content (AvgIpc) is 2.14. The lowest BCUT2D eigenvalue weighted by Crippen LogP contribution is -2.52. The highest BCUT2D eigenvalue weighted by Crippen LogP contribution is 2.33. The third kappa shape index (κ3) is 2.96. The molecule has 1 heterocycles. The molecule has 0 amide bonds. The molecule has 2 fully saturated rings. The predicted octanol–water partition coefficient (Wildman–Crippen LogP) is 1.01. The maximum atomic E-state index is 3.67. The molecule has 0 spiro atoms. The maximum absolute atomic E-state index is 3.67. The molecule has 1 N–H and O–H groups in total. The van der Waals surface area contributed by atoms with Gasteiger partial charge in [0.15, 0.2) is 0 Å². The summed E-state index contributed by atoms with van der Waals surface area (Å²) in [6, 6.07) is 1.49. The Kier molecular flexibility index (Phi) is 4.22. The lowest BCUT2D eigenvalue weighted by Gasteiger charge is -2.41. The van der Waals surface area contributed by atoms with Crippen molar-refractivity contribution in [3.8, 4) is 0 Å². The second-order valence-electron chi connectivity index (χ2n) is 5.87. The summed E-state index contributed by atoms with van der Waals surface area (Å²) < 4.78 is 0. The fourth-order valence-corrected chi connectivity index (χ4v) is 3.09. The number of nitrogens with zero attached hydrogens (tertiary/aromatic N) is 2. The van der Waals surface area contributed by atoms with E-state index in [1.165, 1.54) is 38.8 Å². The lowest BCUT2D eigenvalue weighted by molar-refractivity contribution is 0.108. The zero-order valence-corrected chi connectivity index (χ0v) is 11.1. The third-order valence-corrected chi connectivity index (χ3v) is 4.34. The van der Waals surface area contributed by atoms with Gasteiger partial charge in [0, 0.05) is 31.7 Å². The highest BCUT2D eigenvalue weighted by Gasteiger charge is 2.31. The van der Waals surface area contributed by atoms with Crippen LogP contribution in [0.5, 0.6) is 0 Å². The number of hydrogen-bond donors (Lipinski definition) is 1. The van der Waals surface area contributed by atoms with Crippen LogP contribution in [-0.4, -0.2) is 62.7 Å². The van der Waals surface area contributed by atoms with E-state index in [9.17, 15) is 0 Å². The molecule has 0 bridgehead atoms. The molecular formula is C13H27N3. The largest absolute Gasteiger partial charge is 0.311 e. The van der Waals surface area contributed by atoms with Crippen molar-refractivity contribution >= 4 is 0 Å². The van der Waals surface area contributed by atoms with Crippen LogP contribution in [0.3, 0.4) is 0 Å². The molecule has 94 valence electrons. The van der Waals surface area contributed by atoms with E-state index in [-0.39, 0.29) is 0 Å². The Hall–Kier alpha value is -0.120. The molecule has 0 aromatic rings. The van der Waals surface area contributed by atoms with Gasteiger partial charge in [0.1, 0.15) is 0 Å². The Balaban J connectivity index is 1.84. The van der Waals surface area contributed by atoms with E-state index in [0.717, 1.165) is 18.5 Å². The van der Waals surface area contributed by atoms with Gasteiger partial charge in [0.2, 0.25) is 0 Å². The summed E-state index contributed by atoms with van der Waals surface area (Å²) >= 11 is 0. The topological polar surface area (TPSA) is 18.5 Å². The van der Waals surface area contributed by atoms with E-state index in [2.05, 4.69) is 36.3 Å². The highest BCUT2D eigenvalue weighted by atomic mass is 15.2. The van der Waals surface area contributed by atoms with Gasteiger partial charge in [0.25, 0.3) is 0 Å². The van der Waals surface area contributed by atoms with Crippen LogP contribution in [0.2, 0.25) is 0 Å². The molecule has 1 saturated carbocycles. The summed E-state index contributed by atoms with van der Waals surface area (Å²) in [6.45, 7) is 3.58. The molecule has 2 atom stereocenters. The molecule has 0 aromatic carbocycles. The van der Waals surface area contributed by atoms with Crippen LogP contribution in [0.15, 0.2) is 0 Å². The van der Waals surface area contributed by atoms with Crippen molar-refractivity contribution in [1.82, 2.24) is 15.1 Å². The Labute approximate surface area is 100 Å². The molecule has 2 rings (SSSR count). The zero-order chi connectivity index (χ0) is 11.5. The molecule has 2 unspecified atom stereocenters. The fourth-order valence-electron chi connectivity index (χ4n) is 3.09. The highest BCUT2D eigenvalue weighted by molar-refractivity contribution is 4.88. The van der Waals surface area contributed by atoms with Crippen LogP contribution in [0.25, 0.3) is 0 Å². The summed E-state index contributed by atoms with van der Waals surface area (Å²) in [4.78, 5) is 4.90. The summed E-state index contributed by atoms with van der Waals surface area (Å²) in [6.07, 6.45) is 5.67. The van der Waals surface area contributed by atoms with E-state index >= 15 is 0 Å². The minimum Gasteiger partial charge on any atom is -0.311 e. The Morgan fingerprint density at radius 1 is 1.38 bits per heavy atom. The third-order valence-electron chi connectivity index (χ3n) is 4.34. The molecular weight excluding hydrogens is 198 g/mol. The van der Waals surface area contributed by atoms with E-state index in [4.69, 9.17) is 0 Å². The van der Waals surface area contributed by atoms with Gasteiger partial charge < -0.3 is 15.1 Å². The number of hydrogen-bond acceptors (Lipinski definition) is 3. The molecule has 1 saturated heterocycles. The Bertz CT molecular complexity index is 213. The van der Waals surface area contributed by atoms with Gasteiger partial charge in [-0.1, -0.05) is 6.42 Å². The first-order valence-electron chi connectivity index (χ1n) is 6.75. The van der Waals surface area contributed by atoms with Crippen molar-refractivity contribution in [3.63, 3.8) is 0 Å².